The van der Waals surface area contributed by atoms with Crippen molar-refractivity contribution in [2.75, 3.05) is 25.9 Å². The van der Waals surface area contributed by atoms with E-state index in [4.69, 9.17) is 5.73 Å². The zero-order chi connectivity index (χ0) is 12.1. The number of thioether (sulfide) groups is 1. The number of likely N-dealkylation sites (tertiary alicyclic amines) is 1. The second kappa shape index (κ2) is 5.98. The van der Waals surface area contributed by atoms with Crippen molar-refractivity contribution in [3.05, 3.63) is 0 Å². The zero-order valence-electron chi connectivity index (χ0n) is 11.0. The van der Waals surface area contributed by atoms with Crippen LogP contribution < -0.4 is 5.73 Å². The van der Waals surface area contributed by atoms with E-state index in [0.29, 0.717) is 4.75 Å². The van der Waals surface area contributed by atoms with Gasteiger partial charge in [0.25, 0.3) is 0 Å². The van der Waals surface area contributed by atoms with Gasteiger partial charge in [-0.3, -0.25) is 4.99 Å². The van der Waals surface area contributed by atoms with Crippen molar-refractivity contribution in [1.82, 2.24) is 4.90 Å². The highest BCUT2D eigenvalue weighted by atomic mass is 32.2. The molecule has 1 heterocycles. The van der Waals surface area contributed by atoms with Gasteiger partial charge in [-0.25, -0.2) is 0 Å². The lowest BCUT2D eigenvalue weighted by Gasteiger charge is -2.39. The van der Waals surface area contributed by atoms with Crippen LogP contribution in [0.4, 0.5) is 0 Å². The Hall–Kier alpha value is -0.380. The van der Waals surface area contributed by atoms with E-state index >= 15 is 0 Å². The highest BCUT2D eigenvalue weighted by Crippen LogP contribution is 2.42. The van der Waals surface area contributed by atoms with Gasteiger partial charge in [-0.1, -0.05) is 19.3 Å². The minimum absolute atomic E-state index is 0.413. The summed E-state index contributed by atoms with van der Waals surface area (Å²) in [7, 11) is 0. The molecule has 17 heavy (non-hydrogen) atoms. The van der Waals surface area contributed by atoms with Crippen LogP contribution in [0.15, 0.2) is 4.99 Å². The van der Waals surface area contributed by atoms with E-state index in [0.717, 1.165) is 25.6 Å². The maximum atomic E-state index is 6.13. The van der Waals surface area contributed by atoms with Gasteiger partial charge in [0.2, 0.25) is 0 Å². The van der Waals surface area contributed by atoms with Crippen LogP contribution in [-0.4, -0.2) is 41.5 Å². The van der Waals surface area contributed by atoms with Crippen LogP contribution in [0.5, 0.6) is 0 Å². The molecule has 98 valence electrons. The molecule has 1 saturated heterocycles. The van der Waals surface area contributed by atoms with E-state index < -0.39 is 0 Å². The first-order chi connectivity index (χ1) is 8.26. The van der Waals surface area contributed by atoms with Gasteiger partial charge in [0.05, 0.1) is 6.54 Å². The number of nitrogens with zero attached hydrogens (tertiary/aromatic N) is 2. The van der Waals surface area contributed by atoms with Crippen molar-refractivity contribution in [1.29, 1.82) is 0 Å². The molecule has 0 atom stereocenters. The SMILES string of the molecule is CSC1(CN=C(N)N2CCCCCC2)CCC1. The summed E-state index contributed by atoms with van der Waals surface area (Å²) in [6.07, 6.45) is 11.4. The van der Waals surface area contributed by atoms with Gasteiger partial charge >= 0.3 is 0 Å². The first kappa shape index (κ1) is 13.1. The fraction of sp³-hybridized carbons (Fsp3) is 0.923. The number of nitrogens with two attached hydrogens (primary N) is 1. The Kier molecular flexibility index (Phi) is 4.60. The van der Waals surface area contributed by atoms with Crippen LogP contribution in [-0.2, 0) is 0 Å². The fourth-order valence-corrected chi connectivity index (χ4v) is 3.51. The second-order valence-corrected chi connectivity index (χ2v) is 6.59. The van der Waals surface area contributed by atoms with E-state index in [-0.39, 0.29) is 0 Å². The molecule has 0 aromatic rings. The molecule has 0 amide bonds. The predicted molar refractivity (Wildman–Crippen MR) is 76.6 cm³/mol. The topological polar surface area (TPSA) is 41.6 Å². The number of hydrogen-bond donors (Lipinski definition) is 1. The summed E-state index contributed by atoms with van der Waals surface area (Å²) in [6.45, 7) is 3.11. The van der Waals surface area contributed by atoms with Gasteiger partial charge in [0.1, 0.15) is 0 Å². The van der Waals surface area contributed by atoms with Crippen LogP contribution in [0.25, 0.3) is 0 Å². The molecule has 1 aliphatic carbocycles. The van der Waals surface area contributed by atoms with Crippen LogP contribution in [0, 0.1) is 0 Å². The fourth-order valence-electron chi connectivity index (χ4n) is 2.62. The Labute approximate surface area is 109 Å². The molecule has 4 heteroatoms. The Morgan fingerprint density at radius 2 is 1.82 bits per heavy atom. The standard InChI is InChI=1S/C13H25N3S/c1-17-13(7-6-8-13)11-15-12(14)16-9-4-2-3-5-10-16/h2-11H2,1H3,(H2,14,15). The third-order valence-corrected chi connectivity index (χ3v) is 5.56. The van der Waals surface area contributed by atoms with Crippen molar-refractivity contribution in [2.45, 2.75) is 49.7 Å². The van der Waals surface area contributed by atoms with E-state index in [1.165, 1.54) is 44.9 Å². The van der Waals surface area contributed by atoms with Gasteiger partial charge < -0.3 is 10.6 Å². The van der Waals surface area contributed by atoms with Gasteiger partial charge in [-0.2, -0.15) is 11.8 Å². The first-order valence-corrected chi connectivity index (χ1v) is 8.08. The summed E-state index contributed by atoms with van der Waals surface area (Å²) >= 11 is 1.97. The molecular formula is C13H25N3S. The Morgan fingerprint density at radius 3 is 2.29 bits per heavy atom. The molecule has 0 unspecified atom stereocenters. The molecule has 0 spiro atoms. The highest BCUT2D eigenvalue weighted by molar-refractivity contribution is 8.00. The molecule has 0 aromatic carbocycles. The highest BCUT2D eigenvalue weighted by Gasteiger charge is 2.35. The summed E-state index contributed by atoms with van der Waals surface area (Å²) in [5.41, 5.74) is 6.13. The van der Waals surface area contributed by atoms with Crippen molar-refractivity contribution in [3.8, 4) is 0 Å². The van der Waals surface area contributed by atoms with Crippen LogP contribution in [0.1, 0.15) is 44.9 Å². The maximum Gasteiger partial charge on any atom is 0.191 e. The quantitative estimate of drug-likeness (QED) is 0.622. The Morgan fingerprint density at radius 1 is 1.18 bits per heavy atom. The average molecular weight is 255 g/mol. The summed E-state index contributed by atoms with van der Waals surface area (Å²) in [6, 6.07) is 0. The lowest BCUT2D eigenvalue weighted by atomic mass is 9.84. The molecule has 2 fully saturated rings. The molecular weight excluding hydrogens is 230 g/mol. The van der Waals surface area contributed by atoms with Gasteiger partial charge in [-0.15, -0.1) is 0 Å². The first-order valence-electron chi connectivity index (χ1n) is 6.86. The Balaban J connectivity index is 1.86. The van der Waals surface area contributed by atoms with Crippen molar-refractivity contribution >= 4 is 17.7 Å². The molecule has 1 saturated carbocycles. The van der Waals surface area contributed by atoms with E-state index in [9.17, 15) is 0 Å². The van der Waals surface area contributed by atoms with Crippen molar-refractivity contribution in [3.63, 3.8) is 0 Å². The number of guanidine groups is 1. The maximum absolute atomic E-state index is 6.13. The normalized spacial score (nSPS) is 25.2. The van der Waals surface area contributed by atoms with E-state index in [1.54, 1.807) is 0 Å². The van der Waals surface area contributed by atoms with Gasteiger partial charge in [0.15, 0.2) is 5.96 Å². The van der Waals surface area contributed by atoms with E-state index in [1.807, 2.05) is 11.8 Å². The lowest BCUT2D eigenvalue weighted by molar-refractivity contribution is 0.367. The lowest BCUT2D eigenvalue weighted by Crippen LogP contribution is -2.41. The second-order valence-electron chi connectivity index (χ2n) is 5.32. The van der Waals surface area contributed by atoms with Crippen LogP contribution in [0.2, 0.25) is 0 Å². The summed E-state index contributed by atoms with van der Waals surface area (Å²) < 4.78 is 0.413. The van der Waals surface area contributed by atoms with Crippen LogP contribution >= 0.6 is 11.8 Å². The smallest absolute Gasteiger partial charge is 0.191 e. The minimum atomic E-state index is 0.413. The summed E-state index contributed by atoms with van der Waals surface area (Å²) in [4.78, 5) is 6.93. The number of aliphatic imine (C=N–C) groups is 1. The summed E-state index contributed by atoms with van der Waals surface area (Å²) in [5, 5.41) is 0. The van der Waals surface area contributed by atoms with Crippen molar-refractivity contribution < 1.29 is 0 Å². The molecule has 0 bridgehead atoms. The monoisotopic (exact) mass is 255 g/mol. The molecule has 2 aliphatic rings. The van der Waals surface area contributed by atoms with Crippen LogP contribution in [0.3, 0.4) is 0 Å². The van der Waals surface area contributed by atoms with Gasteiger partial charge in [0, 0.05) is 17.8 Å². The Bertz CT molecular complexity index is 260. The largest absolute Gasteiger partial charge is 0.370 e. The zero-order valence-corrected chi connectivity index (χ0v) is 11.8. The summed E-state index contributed by atoms with van der Waals surface area (Å²) in [5.74, 6) is 0.784. The predicted octanol–water partition coefficient (Wildman–Crippen LogP) is 2.46. The third-order valence-electron chi connectivity index (χ3n) is 4.16. The average Bonchev–Trinajstić information content (AvgIpc) is 2.56. The van der Waals surface area contributed by atoms with E-state index in [2.05, 4.69) is 16.1 Å². The molecule has 2 N–H and O–H groups in total. The molecule has 0 aromatic heterocycles. The van der Waals surface area contributed by atoms with Crippen molar-refractivity contribution in [2.24, 2.45) is 10.7 Å². The molecule has 2 rings (SSSR count). The molecule has 0 radical (unpaired) electrons. The molecule has 1 aliphatic heterocycles. The van der Waals surface area contributed by atoms with Gasteiger partial charge in [-0.05, 0) is 31.9 Å². The third kappa shape index (κ3) is 3.30. The molecule has 3 nitrogen and oxygen atoms in total. The number of rotatable bonds is 3. The number of hydrogen-bond acceptors (Lipinski definition) is 2. The minimum Gasteiger partial charge on any atom is -0.370 e.